The average Bonchev–Trinajstić information content (AvgIpc) is 2.84. The lowest BCUT2D eigenvalue weighted by molar-refractivity contribution is 0.0778. The van der Waals surface area contributed by atoms with E-state index >= 15 is 0 Å². The smallest absolute Gasteiger partial charge is 0.113 e. The molecule has 2 aromatic rings. The molecule has 5 nitrogen and oxygen atoms in total. The highest BCUT2D eigenvalue weighted by Crippen LogP contribution is 2.09. The molecule has 3 rings (SSSR count). The summed E-state index contributed by atoms with van der Waals surface area (Å²) in [5.41, 5.74) is 2.06. The van der Waals surface area contributed by atoms with Crippen molar-refractivity contribution in [2.24, 2.45) is 0 Å². The van der Waals surface area contributed by atoms with Gasteiger partial charge in [0, 0.05) is 25.8 Å². The first-order valence-electron chi connectivity index (χ1n) is 6.53. The second-order valence-corrected chi connectivity index (χ2v) is 4.64. The predicted octanol–water partition coefficient (Wildman–Crippen LogP) is 1.20. The van der Waals surface area contributed by atoms with Crippen molar-refractivity contribution in [2.45, 2.75) is 25.4 Å². The van der Waals surface area contributed by atoms with Crippen LogP contribution < -0.4 is 5.32 Å². The molecule has 0 bridgehead atoms. The van der Waals surface area contributed by atoms with Gasteiger partial charge in [0.15, 0.2) is 0 Å². The van der Waals surface area contributed by atoms with Crippen molar-refractivity contribution < 1.29 is 4.74 Å². The Bertz CT molecular complexity index is 504. The zero-order valence-electron chi connectivity index (χ0n) is 10.4. The SMILES string of the molecule is c1ccc2c(c1)nnn2CCNC1CCOCC1. The normalized spacial score (nSPS) is 17.3. The van der Waals surface area contributed by atoms with Crippen LogP contribution in [0.2, 0.25) is 0 Å². The minimum absolute atomic E-state index is 0.591. The number of benzene rings is 1. The first kappa shape index (κ1) is 11.6. The molecule has 5 heteroatoms. The fourth-order valence-electron chi connectivity index (χ4n) is 2.36. The lowest BCUT2D eigenvalue weighted by Gasteiger charge is -2.23. The number of hydrogen-bond donors (Lipinski definition) is 1. The van der Waals surface area contributed by atoms with Crippen molar-refractivity contribution in [3.05, 3.63) is 24.3 Å². The maximum atomic E-state index is 5.34. The van der Waals surface area contributed by atoms with Crippen molar-refractivity contribution >= 4 is 11.0 Å². The number of para-hydroxylation sites is 1. The van der Waals surface area contributed by atoms with Gasteiger partial charge in [0.05, 0.1) is 12.1 Å². The third-order valence-electron chi connectivity index (χ3n) is 3.40. The highest BCUT2D eigenvalue weighted by molar-refractivity contribution is 5.73. The van der Waals surface area contributed by atoms with E-state index in [1.807, 2.05) is 22.9 Å². The van der Waals surface area contributed by atoms with Crippen LogP contribution >= 0.6 is 0 Å². The summed E-state index contributed by atoms with van der Waals surface area (Å²) in [5, 5.41) is 11.9. The van der Waals surface area contributed by atoms with Crippen molar-refractivity contribution in [1.82, 2.24) is 20.3 Å². The Morgan fingerprint density at radius 3 is 3.00 bits per heavy atom. The second-order valence-electron chi connectivity index (χ2n) is 4.64. The predicted molar refractivity (Wildman–Crippen MR) is 69.4 cm³/mol. The minimum Gasteiger partial charge on any atom is -0.381 e. The van der Waals surface area contributed by atoms with Crippen LogP contribution in [0, 0.1) is 0 Å². The van der Waals surface area contributed by atoms with E-state index in [0.717, 1.165) is 50.2 Å². The molecule has 0 unspecified atom stereocenters. The molecule has 0 spiro atoms. The largest absolute Gasteiger partial charge is 0.381 e. The highest BCUT2D eigenvalue weighted by atomic mass is 16.5. The summed E-state index contributed by atoms with van der Waals surface area (Å²) in [5.74, 6) is 0. The zero-order chi connectivity index (χ0) is 12.2. The number of aromatic nitrogens is 3. The molecule has 1 fully saturated rings. The van der Waals surface area contributed by atoms with Crippen molar-refractivity contribution in [2.75, 3.05) is 19.8 Å². The first-order valence-corrected chi connectivity index (χ1v) is 6.53. The van der Waals surface area contributed by atoms with Crippen LogP contribution in [-0.2, 0) is 11.3 Å². The summed E-state index contributed by atoms with van der Waals surface area (Å²) in [4.78, 5) is 0. The van der Waals surface area contributed by atoms with Crippen LogP contribution in [-0.4, -0.2) is 40.8 Å². The van der Waals surface area contributed by atoms with E-state index in [0.29, 0.717) is 6.04 Å². The van der Waals surface area contributed by atoms with Gasteiger partial charge in [-0.05, 0) is 25.0 Å². The average molecular weight is 246 g/mol. The molecule has 18 heavy (non-hydrogen) atoms. The molecular formula is C13H18N4O. The molecule has 0 atom stereocenters. The van der Waals surface area contributed by atoms with Crippen molar-refractivity contribution in [3.63, 3.8) is 0 Å². The van der Waals surface area contributed by atoms with Gasteiger partial charge >= 0.3 is 0 Å². The highest BCUT2D eigenvalue weighted by Gasteiger charge is 2.12. The molecule has 0 aliphatic carbocycles. The molecule has 0 amide bonds. The van der Waals surface area contributed by atoms with Gasteiger partial charge in [0.25, 0.3) is 0 Å². The van der Waals surface area contributed by atoms with E-state index in [4.69, 9.17) is 4.74 Å². The summed E-state index contributed by atoms with van der Waals surface area (Å²) in [6, 6.07) is 8.65. The third-order valence-corrected chi connectivity index (χ3v) is 3.40. The second kappa shape index (κ2) is 5.46. The van der Waals surface area contributed by atoms with Gasteiger partial charge in [0.2, 0.25) is 0 Å². The lowest BCUT2D eigenvalue weighted by atomic mass is 10.1. The van der Waals surface area contributed by atoms with E-state index in [1.54, 1.807) is 0 Å². The van der Waals surface area contributed by atoms with Crippen LogP contribution in [0.15, 0.2) is 24.3 Å². The quantitative estimate of drug-likeness (QED) is 0.880. The maximum absolute atomic E-state index is 5.34. The number of fused-ring (bicyclic) bond motifs is 1. The summed E-state index contributed by atoms with van der Waals surface area (Å²) in [7, 11) is 0. The molecular weight excluding hydrogens is 228 g/mol. The first-order chi connectivity index (χ1) is 8.93. The fourth-order valence-corrected chi connectivity index (χ4v) is 2.36. The van der Waals surface area contributed by atoms with E-state index in [9.17, 15) is 0 Å². The summed E-state index contributed by atoms with van der Waals surface area (Å²) in [6.45, 7) is 3.55. The molecule has 1 saturated heterocycles. The van der Waals surface area contributed by atoms with E-state index in [2.05, 4.69) is 21.7 Å². The monoisotopic (exact) mass is 246 g/mol. The van der Waals surface area contributed by atoms with Gasteiger partial charge < -0.3 is 10.1 Å². The third kappa shape index (κ3) is 2.52. The Morgan fingerprint density at radius 1 is 1.28 bits per heavy atom. The standard InChI is InChI=1S/C13H18N4O/c1-2-4-13-12(3-1)15-16-17(13)8-7-14-11-5-9-18-10-6-11/h1-4,11,14H,5-10H2. The number of nitrogens with one attached hydrogen (secondary N) is 1. The van der Waals surface area contributed by atoms with Gasteiger partial charge in [0.1, 0.15) is 5.52 Å². The zero-order valence-corrected chi connectivity index (χ0v) is 10.4. The number of ether oxygens (including phenoxy) is 1. The van der Waals surface area contributed by atoms with Crippen molar-refractivity contribution in [1.29, 1.82) is 0 Å². The summed E-state index contributed by atoms with van der Waals surface area (Å²) >= 11 is 0. The van der Waals surface area contributed by atoms with Crippen LogP contribution in [0.25, 0.3) is 11.0 Å². The minimum atomic E-state index is 0.591. The molecule has 1 aromatic heterocycles. The number of hydrogen-bond acceptors (Lipinski definition) is 4. The Kier molecular flexibility index (Phi) is 3.52. The molecule has 1 N–H and O–H groups in total. The number of rotatable bonds is 4. The molecule has 1 aliphatic rings. The van der Waals surface area contributed by atoms with Crippen LogP contribution in [0.3, 0.4) is 0 Å². The Balaban J connectivity index is 1.56. The molecule has 1 aromatic carbocycles. The Labute approximate surface area is 106 Å². The summed E-state index contributed by atoms with van der Waals surface area (Å²) in [6.07, 6.45) is 2.22. The number of nitrogens with zero attached hydrogens (tertiary/aromatic N) is 3. The van der Waals surface area contributed by atoms with E-state index in [-0.39, 0.29) is 0 Å². The lowest BCUT2D eigenvalue weighted by Crippen LogP contribution is -2.36. The van der Waals surface area contributed by atoms with Crippen LogP contribution in [0.4, 0.5) is 0 Å². The Hall–Kier alpha value is -1.46. The van der Waals surface area contributed by atoms with Gasteiger partial charge in [-0.1, -0.05) is 17.3 Å². The molecule has 2 heterocycles. The molecule has 96 valence electrons. The van der Waals surface area contributed by atoms with Crippen LogP contribution in [0.1, 0.15) is 12.8 Å². The topological polar surface area (TPSA) is 52.0 Å². The van der Waals surface area contributed by atoms with Gasteiger partial charge in [-0.25, -0.2) is 4.68 Å². The molecule has 1 aliphatic heterocycles. The van der Waals surface area contributed by atoms with E-state index in [1.165, 1.54) is 0 Å². The molecule has 0 saturated carbocycles. The van der Waals surface area contributed by atoms with Crippen LogP contribution in [0.5, 0.6) is 0 Å². The molecule has 0 radical (unpaired) electrons. The Morgan fingerprint density at radius 2 is 2.11 bits per heavy atom. The van der Waals surface area contributed by atoms with Gasteiger partial charge in [-0.15, -0.1) is 5.10 Å². The van der Waals surface area contributed by atoms with Crippen molar-refractivity contribution in [3.8, 4) is 0 Å². The summed E-state index contributed by atoms with van der Waals surface area (Å²) < 4.78 is 7.30. The van der Waals surface area contributed by atoms with Gasteiger partial charge in [-0.2, -0.15) is 0 Å². The van der Waals surface area contributed by atoms with E-state index < -0.39 is 0 Å². The van der Waals surface area contributed by atoms with Gasteiger partial charge in [-0.3, -0.25) is 0 Å². The fraction of sp³-hybridized carbons (Fsp3) is 0.538. The maximum Gasteiger partial charge on any atom is 0.113 e.